The first kappa shape index (κ1) is 18.5. The molecule has 2 atom stereocenters. The van der Waals surface area contributed by atoms with Gasteiger partial charge in [-0.2, -0.15) is 4.98 Å². The van der Waals surface area contributed by atoms with Crippen molar-refractivity contribution in [3.05, 3.63) is 36.0 Å². The Morgan fingerprint density at radius 1 is 1.42 bits per heavy atom. The zero-order valence-corrected chi connectivity index (χ0v) is 15.0. The topological polar surface area (TPSA) is 85.2 Å². The van der Waals surface area contributed by atoms with E-state index in [4.69, 9.17) is 10.3 Å². The Labute approximate surface area is 152 Å². The number of benzene rings is 1. The van der Waals surface area contributed by atoms with Crippen molar-refractivity contribution in [1.82, 2.24) is 15.0 Å². The number of carbonyl (C=O) groups excluding carboxylic acids is 1. The maximum atomic E-state index is 13.0. The lowest BCUT2D eigenvalue weighted by molar-refractivity contribution is -0.133. The fourth-order valence-electron chi connectivity index (χ4n) is 3.29. The number of carbonyl (C=O) groups is 1. The average molecular weight is 360 g/mol. The summed E-state index contributed by atoms with van der Waals surface area (Å²) in [5.74, 6) is 1.17. The molecule has 3 rings (SSSR count). The van der Waals surface area contributed by atoms with Crippen molar-refractivity contribution < 1.29 is 13.7 Å². The van der Waals surface area contributed by atoms with Crippen molar-refractivity contribution in [2.24, 2.45) is 11.7 Å². The highest BCUT2D eigenvalue weighted by Gasteiger charge is 2.25. The quantitative estimate of drug-likeness (QED) is 0.856. The summed E-state index contributed by atoms with van der Waals surface area (Å²) in [6.45, 7) is 3.58. The molecule has 140 valence electrons. The van der Waals surface area contributed by atoms with E-state index in [1.54, 1.807) is 12.1 Å². The summed E-state index contributed by atoms with van der Waals surface area (Å²) in [7, 11) is 0. The summed E-state index contributed by atoms with van der Waals surface area (Å²) in [4.78, 5) is 18.6. The maximum Gasteiger partial charge on any atom is 0.226 e. The average Bonchev–Trinajstić information content (AvgIpc) is 3.11. The molecule has 0 saturated carbocycles. The van der Waals surface area contributed by atoms with Crippen LogP contribution in [0.5, 0.6) is 0 Å². The number of piperidine rings is 1. The van der Waals surface area contributed by atoms with Crippen LogP contribution >= 0.6 is 0 Å². The van der Waals surface area contributed by atoms with Gasteiger partial charge in [0.1, 0.15) is 5.82 Å². The largest absolute Gasteiger partial charge is 0.342 e. The van der Waals surface area contributed by atoms with Crippen LogP contribution in [0.25, 0.3) is 11.4 Å². The fraction of sp³-hybridized carbons (Fsp3) is 0.526. The Balaban J connectivity index is 1.47. The fourth-order valence-corrected chi connectivity index (χ4v) is 3.29. The SMILES string of the molecule is CC(N)C1CCCN(C(=O)CCCc2nc(-c3ccc(F)cc3)no2)C1. The standard InChI is InChI=1S/C19H25FN4O2/c1-13(21)15-4-3-11-24(12-15)18(25)6-2-5-17-22-19(23-26-17)14-7-9-16(20)10-8-14/h7-10,13,15H,2-6,11-12,21H2,1H3. The molecule has 2 unspecified atom stereocenters. The molecule has 0 spiro atoms. The van der Waals surface area contributed by atoms with Crippen LogP contribution in [0, 0.1) is 11.7 Å². The molecule has 1 aromatic carbocycles. The number of hydrogen-bond donors (Lipinski definition) is 1. The van der Waals surface area contributed by atoms with Crippen molar-refractivity contribution in [3.8, 4) is 11.4 Å². The molecule has 1 amide bonds. The molecular weight excluding hydrogens is 335 g/mol. The van der Waals surface area contributed by atoms with Gasteiger partial charge >= 0.3 is 0 Å². The molecule has 1 aromatic heterocycles. The molecule has 26 heavy (non-hydrogen) atoms. The van der Waals surface area contributed by atoms with Gasteiger partial charge in [-0.25, -0.2) is 4.39 Å². The number of hydrogen-bond acceptors (Lipinski definition) is 5. The second kappa shape index (κ2) is 8.40. The van der Waals surface area contributed by atoms with Crippen molar-refractivity contribution >= 4 is 5.91 Å². The van der Waals surface area contributed by atoms with E-state index in [0.29, 0.717) is 42.5 Å². The molecule has 2 heterocycles. The number of halogens is 1. The van der Waals surface area contributed by atoms with E-state index in [9.17, 15) is 9.18 Å². The van der Waals surface area contributed by atoms with E-state index < -0.39 is 0 Å². The van der Waals surface area contributed by atoms with Crippen LogP contribution in [0.15, 0.2) is 28.8 Å². The van der Waals surface area contributed by atoms with Crippen molar-refractivity contribution in [1.29, 1.82) is 0 Å². The van der Waals surface area contributed by atoms with E-state index in [1.807, 2.05) is 11.8 Å². The van der Waals surface area contributed by atoms with Gasteiger partial charge in [-0.1, -0.05) is 5.16 Å². The van der Waals surface area contributed by atoms with Crippen LogP contribution in [0.2, 0.25) is 0 Å². The second-order valence-corrected chi connectivity index (χ2v) is 6.97. The lowest BCUT2D eigenvalue weighted by Crippen LogP contribution is -2.45. The van der Waals surface area contributed by atoms with Gasteiger partial charge in [0.2, 0.25) is 17.6 Å². The highest BCUT2D eigenvalue weighted by Crippen LogP contribution is 2.20. The van der Waals surface area contributed by atoms with Crippen molar-refractivity contribution in [2.75, 3.05) is 13.1 Å². The Morgan fingerprint density at radius 2 is 2.19 bits per heavy atom. The van der Waals surface area contributed by atoms with E-state index in [0.717, 1.165) is 25.9 Å². The van der Waals surface area contributed by atoms with Gasteiger partial charge < -0.3 is 15.2 Å². The van der Waals surface area contributed by atoms with Gasteiger partial charge in [0.05, 0.1) is 0 Å². The molecule has 1 aliphatic rings. The first-order chi connectivity index (χ1) is 12.5. The lowest BCUT2D eigenvalue weighted by atomic mass is 9.92. The molecule has 7 heteroatoms. The van der Waals surface area contributed by atoms with Crippen LogP contribution in [-0.2, 0) is 11.2 Å². The van der Waals surface area contributed by atoms with Crippen LogP contribution in [0.4, 0.5) is 4.39 Å². The molecule has 0 radical (unpaired) electrons. The maximum absolute atomic E-state index is 13.0. The van der Waals surface area contributed by atoms with E-state index in [1.165, 1.54) is 12.1 Å². The minimum absolute atomic E-state index is 0.119. The number of aryl methyl sites for hydroxylation is 1. The highest BCUT2D eigenvalue weighted by molar-refractivity contribution is 5.76. The van der Waals surface area contributed by atoms with Crippen molar-refractivity contribution in [3.63, 3.8) is 0 Å². The third kappa shape index (κ3) is 4.66. The molecule has 1 fully saturated rings. The Hall–Kier alpha value is -2.28. The van der Waals surface area contributed by atoms with Crippen LogP contribution in [0.1, 0.15) is 38.5 Å². The number of aromatic nitrogens is 2. The molecule has 1 aliphatic heterocycles. The molecule has 1 saturated heterocycles. The third-order valence-electron chi connectivity index (χ3n) is 4.91. The van der Waals surface area contributed by atoms with Crippen LogP contribution < -0.4 is 5.73 Å². The number of rotatable bonds is 6. The van der Waals surface area contributed by atoms with Gasteiger partial charge in [-0.15, -0.1) is 0 Å². The van der Waals surface area contributed by atoms with E-state index in [2.05, 4.69) is 10.1 Å². The van der Waals surface area contributed by atoms with Crippen LogP contribution in [0.3, 0.4) is 0 Å². The summed E-state index contributed by atoms with van der Waals surface area (Å²) < 4.78 is 18.2. The monoisotopic (exact) mass is 360 g/mol. The third-order valence-corrected chi connectivity index (χ3v) is 4.91. The van der Waals surface area contributed by atoms with Crippen LogP contribution in [-0.4, -0.2) is 40.1 Å². The summed E-state index contributed by atoms with van der Waals surface area (Å²) in [6, 6.07) is 6.06. The van der Waals surface area contributed by atoms with Gasteiger partial charge in [-0.05, 0) is 56.4 Å². The minimum Gasteiger partial charge on any atom is -0.342 e. The zero-order chi connectivity index (χ0) is 18.5. The lowest BCUT2D eigenvalue weighted by Gasteiger charge is -2.34. The second-order valence-electron chi connectivity index (χ2n) is 6.97. The first-order valence-electron chi connectivity index (χ1n) is 9.15. The van der Waals surface area contributed by atoms with Gasteiger partial charge in [0.25, 0.3) is 0 Å². The Kier molecular flexibility index (Phi) is 5.98. The summed E-state index contributed by atoms with van der Waals surface area (Å²) in [5, 5.41) is 3.92. The normalized spacial score (nSPS) is 18.7. The smallest absolute Gasteiger partial charge is 0.226 e. The summed E-state index contributed by atoms with van der Waals surface area (Å²) >= 11 is 0. The number of nitrogens with two attached hydrogens (primary N) is 1. The molecule has 0 aliphatic carbocycles. The van der Waals surface area contributed by atoms with Gasteiger partial charge in [0.15, 0.2) is 0 Å². The molecule has 0 bridgehead atoms. The summed E-state index contributed by atoms with van der Waals surface area (Å²) in [5.41, 5.74) is 6.68. The predicted octanol–water partition coefficient (Wildman–Crippen LogP) is 2.78. The van der Waals surface area contributed by atoms with Gasteiger partial charge in [0, 0.05) is 37.5 Å². The molecule has 2 aromatic rings. The van der Waals surface area contributed by atoms with E-state index in [-0.39, 0.29) is 17.8 Å². The number of nitrogens with zero attached hydrogens (tertiary/aromatic N) is 3. The number of likely N-dealkylation sites (tertiary alicyclic amines) is 1. The molecule has 2 N–H and O–H groups in total. The zero-order valence-electron chi connectivity index (χ0n) is 15.0. The summed E-state index contributed by atoms with van der Waals surface area (Å²) in [6.07, 6.45) is 3.77. The molecular formula is C19H25FN4O2. The van der Waals surface area contributed by atoms with Crippen molar-refractivity contribution in [2.45, 2.75) is 45.1 Å². The van der Waals surface area contributed by atoms with Gasteiger partial charge in [-0.3, -0.25) is 4.79 Å². The Bertz CT molecular complexity index is 729. The minimum atomic E-state index is -0.306. The first-order valence-corrected chi connectivity index (χ1v) is 9.15. The highest BCUT2D eigenvalue weighted by atomic mass is 19.1. The Morgan fingerprint density at radius 3 is 2.92 bits per heavy atom. The number of amides is 1. The predicted molar refractivity (Wildman–Crippen MR) is 95.6 cm³/mol. The molecule has 6 nitrogen and oxygen atoms in total. The van der Waals surface area contributed by atoms with E-state index >= 15 is 0 Å².